The Morgan fingerprint density at radius 3 is 2.26 bits per heavy atom. The number of aromatic amines is 1. The Morgan fingerprint density at radius 1 is 1.15 bits per heavy atom. The molecule has 3 rings (SSSR count). The zero-order chi connectivity index (χ0) is 25.5. The molecule has 3 N–H and O–H groups in total. The predicted molar refractivity (Wildman–Crippen MR) is 127 cm³/mol. The largest absolute Gasteiger partial charge is 0.377 e. The van der Waals surface area contributed by atoms with Crippen molar-refractivity contribution < 1.29 is 28.6 Å². The van der Waals surface area contributed by atoms with E-state index >= 15 is 0 Å². The van der Waals surface area contributed by atoms with E-state index in [1.165, 1.54) is 16.8 Å². The smallest absolute Gasteiger partial charge is 0.359 e. The lowest BCUT2D eigenvalue weighted by Crippen LogP contribution is -2.39. The Kier molecular flexibility index (Phi) is 7.74. The molecular formula is C23H39N2O8P. The normalized spacial score (nSPS) is 28.6. The monoisotopic (exact) mass is 502 g/mol. The summed E-state index contributed by atoms with van der Waals surface area (Å²) in [6.45, 7) is 10.7. The third-order valence-corrected chi connectivity index (χ3v) is 9.98. The van der Waals surface area contributed by atoms with Crippen LogP contribution in [-0.4, -0.2) is 48.5 Å². The van der Waals surface area contributed by atoms with Crippen molar-refractivity contribution in [3.8, 4) is 0 Å². The minimum absolute atomic E-state index is 0.0945. The van der Waals surface area contributed by atoms with Crippen molar-refractivity contribution in [2.45, 2.75) is 115 Å². The van der Waals surface area contributed by atoms with E-state index in [9.17, 15) is 24.2 Å². The third-order valence-electron chi connectivity index (χ3n) is 7.66. The van der Waals surface area contributed by atoms with Gasteiger partial charge in [-0.3, -0.25) is 18.9 Å². The number of nitrogens with one attached hydrogen (secondary N) is 1. The van der Waals surface area contributed by atoms with Crippen LogP contribution in [0.2, 0.25) is 0 Å². The zero-order valence-corrected chi connectivity index (χ0v) is 21.8. The minimum atomic E-state index is -4.38. The van der Waals surface area contributed by atoms with Gasteiger partial charge in [-0.15, -0.1) is 0 Å². The minimum Gasteiger partial charge on any atom is -0.377 e. The van der Waals surface area contributed by atoms with E-state index in [-0.39, 0.29) is 30.9 Å². The molecule has 10 nitrogen and oxygen atoms in total. The summed E-state index contributed by atoms with van der Waals surface area (Å²) >= 11 is 0. The second-order valence-electron chi connectivity index (χ2n) is 10.0. The molecule has 0 aromatic carbocycles. The van der Waals surface area contributed by atoms with Gasteiger partial charge in [-0.2, -0.15) is 0 Å². The van der Waals surface area contributed by atoms with Crippen molar-refractivity contribution in [2.75, 3.05) is 0 Å². The van der Waals surface area contributed by atoms with Gasteiger partial charge in [0, 0.05) is 12.3 Å². The predicted octanol–water partition coefficient (Wildman–Crippen LogP) is 3.28. The first kappa shape index (κ1) is 27.3. The van der Waals surface area contributed by atoms with Gasteiger partial charge in [0.25, 0.3) is 5.56 Å². The van der Waals surface area contributed by atoms with Crippen LogP contribution in [0.4, 0.5) is 0 Å². The molecule has 11 heteroatoms. The summed E-state index contributed by atoms with van der Waals surface area (Å²) in [5.41, 5.74) is -1.97. The van der Waals surface area contributed by atoms with Crippen LogP contribution in [0.5, 0.6) is 0 Å². The number of rotatable bonds is 10. The number of nitrogens with zero attached hydrogens (tertiary/aromatic N) is 1. The molecule has 0 spiro atoms. The van der Waals surface area contributed by atoms with Crippen LogP contribution < -0.4 is 11.2 Å². The van der Waals surface area contributed by atoms with E-state index in [4.69, 9.17) is 14.0 Å². The number of aromatic nitrogens is 2. The van der Waals surface area contributed by atoms with E-state index < -0.39 is 41.7 Å². The number of hydrogen-bond acceptors (Lipinski definition) is 7. The second-order valence-corrected chi connectivity index (χ2v) is 12.1. The van der Waals surface area contributed by atoms with Crippen molar-refractivity contribution >= 4 is 7.60 Å². The number of aliphatic hydroxyl groups is 1. The van der Waals surface area contributed by atoms with Crippen molar-refractivity contribution in [1.82, 2.24) is 9.55 Å². The molecular weight excluding hydrogens is 463 g/mol. The SMILES string of the molecule is CCC(CC)(C[C@H]1C[C@@H](n2ccc(=O)[nH]c2=O)[C@@H]2OC(C)(C)O[C@H]12)OP(=O)(O)C(O)(CC)CC. The highest BCUT2D eigenvalue weighted by atomic mass is 31.2. The second kappa shape index (κ2) is 9.64. The molecule has 2 aliphatic rings. The van der Waals surface area contributed by atoms with Crippen LogP contribution in [0.15, 0.2) is 21.9 Å². The molecule has 1 aromatic heterocycles. The highest BCUT2D eigenvalue weighted by Crippen LogP contribution is 2.62. The van der Waals surface area contributed by atoms with Gasteiger partial charge in [0.1, 0.15) is 6.10 Å². The van der Waals surface area contributed by atoms with Crippen LogP contribution in [0.25, 0.3) is 0 Å². The van der Waals surface area contributed by atoms with Gasteiger partial charge in [-0.05, 0) is 58.3 Å². The number of hydrogen-bond donors (Lipinski definition) is 3. The first-order valence-corrected chi connectivity index (χ1v) is 13.8. The lowest BCUT2D eigenvalue weighted by atomic mass is 9.84. The molecule has 5 atom stereocenters. The number of ether oxygens (including phenoxy) is 2. The summed E-state index contributed by atoms with van der Waals surface area (Å²) in [6.07, 6.45) is 2.67. The molecule has 1 saturated carbocycles. The maximum atomic E-state index is 13.2. The lowest BCUT2D eigenvalue weighted by molar-refractivity contribution is -0.163. The Hall–Kier alpha value is -1.29. The molecule has 1 unspecified atom stereocenters. The van der Waals surface area contributed by atoms with Gasteiger partial charge in [0.15, 0.2) is 11.1 Å². The Balaban J connectivity index is 1.94. The molecule has 0 amide bonds. The van der Waals surface area contributed by atoms with Gasteiger partial charge in [-0.1, -0.05) is 27.7 Å². The number of H-pyrrole nitrogens is 1. The van der Waals surface area contributed by atoms with Crippen LogP contribution in [0.1, 0.15) is 86.1 Å². The molecule has 1 aliphatic carbocycles. The Labute approximate surface area is 200 Å². The van der Waals surface area contributed by atoms with E-state index in [1.54, 1.807) is 13.8 Å². The molecule has 34 heavy (non-hydrogen) atoms. The highest BCUT2D eigenvalue weighted by Gasteiger charge is 2.57. The average Bonchev–Trinajstić information content (AvgIpc) is 3.25. The standard InChI is InChI=1S/C23H39N2O8P/c1-7-22(8-2,33-34(29,30)23(28,9-3)10-4)14-15-13-16(19-18(15)31-21(5,6)32-19)25-12-11-17(26)24-20(25)27/h11-12,15-16,18-19,28H,7-10,13-14H2,1-6H3,(H,29,30)(H,24,26,27)/t15-,16-,18-,19+/m1/s1. The van der Waals surface area contributed by atoms with E-state index in [2.05, 4.69) is 4.98 Å². The molecule has 0 bridgehead atoms. The molecule has 0 radical (unpaired) electrons. The Morgan fingerprint density at radius 2 is 1.74 bits per heavy atom. The summed E-state index contributed by atoms with van der Waals surface area (Å²) in [5.74, 6) is -1.01. The highest BCUT2D eigenvalue weighted by molar-refractivity contribution is 7.54. The molecule has 1 aliphatic heterocycles. The molecule has 2 fully saturated rings. The van der Waals surface area contributed by atoms with Crippen LogP contribution in [-0.2, 0) is 18.6 Å². The zero-order valence-electron chi connectivity index (χ0n) is 20.9. The first-order valence-electron chi connectivity index (χ1n) is 12.2. The van der Waals surface area contributed by atoms with Crippen LogP contribution in [0, 0.1) is 5.92 Å². The maximum absolute atomic E-state index is 13.2. The summed E-state index contributed by atoms with van der Waals surface area (Å²) < 4.78 is 33.1. The summed E-state index contributed by atoms with van der Waals surface area (Å²) in [6, 6.07) is 0.922. The number of fused-ring (bicyclic) bond motifs is 1. The fraction of sp³-hybridized carbons (Fsp3) is 0.826. The van der Waals surface area contributed by atoms with E-state index in [1.807, 2.05) is 27.7 Å². The topological polar surface area (TPSA) is 140 Å². The van der Waals surface area contributed by atoms with Gasteiger partial charge in [0.2, 0.25) is 0 Å². The molecule has 2 heterocycles. The molecule has 1 saturated heterocycles. The average molecular weight is 503 g/mol. The maximum Gasteiger partial charge on any atom is 0.359 e. The fourth-order valence-corrected chi connectivity index (χ4v) is 7.22. The van der Waals surface area contributed by atoms with E-state index in [0.717, 1.165) is 0 Å². The quantitative estimate of drug-likeness (QED) is 0.414. The van der Waals surface area contributed by atoms with Crippen molar-refractivity contribution in [3.63, 3.8) is 0 Å². The first-order chi connectivity index (χ1) is 15.8. The van der Waals surface area contributed by atoms with Crippen molar-refractivity contribution in [1.29, 1.82) is 0 Å². The van der Waals surface area contributed by atoms with Crippen LogP contribution >= 0.6 is 7.60 Å². The summed E-state index contributed by atoms with van der Waals surface area (Å²) in [7, 11) is -4.38. The Bertz CT molecular complexity index is 1030. The van der Waals surface area contributed by atoms with Crippen molar-refractivity contribution in [2.24, 2.45) is 5.92 Å². The lowest BCUT2D eigenvalue weighted by Gasteiger charge is -2.40. The fourth-order valence-electron chi connectivity index (χ4n) is 5.40. The molecule has 1 aromatic rings. The summed E-state index contributed by atoms with van der Waals surface area (Å²) in [4.78, 5) is 37.2. The molecule has 194 valence electrons. The van der Waals surface area contributed by atoms with Gasteiger partial charge >= 0.3 is 13.3 Å². The van der Waals surface area contributed by atoms with E-state index in [0.29, 0.717) is 25.7 Å². The van der Waals surface area contributed by atoms with Gasteiger partial charge in [-0.25, -0.2) is 4.79 Å². The van der Waals surface area contributed by atoms with Gasteiger partial charge in [0.05, 0.1) is 17.7 Å². The van der Waals surface area contributed by atoms with Crippen molar-refractivity contribution in [3.05, 3.63) is 33.1 Å². The van der Waals surface area contributed by atoms with Gasteiger partial charge < -0.3 is 24.0 Å². The third kappa shape index (κ3) is 4.99. The van der Waals surface area contributed by atoms with Crippen LogP contribution in [0.3, 0.4) is 0 Å². The summed E-state index contributed by atoms with van der Waals surface area (Å²) in [5, 5.41) is 8.97.